The van der Waals surface area contributed by atoms with E-state index in [9.17, 15) is 9.59 Å². The lowest BCUT2D eigenvalue weighted by Crippen LogP contribution is -2.46. The summed E-state index contributed by atoms with van der Waals surface area (Å²) >= 11 is 5.90. The second-order valence-corrected chi connectivity index (χ2v) is 5.40. The van der Waals surface area contributed by atoms with Crippen LogP contribution in [0.15, 0.2) is 36.9 Å². The number of aliphatic carboxylic acids is 1. The molecule has 2 atom stereocenters. The first-order valence-electron chi connectivity index (χ1n) is 6.90. The molecule has 0 saturated heterocycles. The normalized spacial score (nSPS) is 13.2. The third-order valence-electron chi connectivity index (χ3n) is 3.01. The number of nitrogens with one attached hydrogen (secondary N) is 1. The van der Waals surface area contributed by atoms with E-state index < -0.39 is 12.0 Å². The molecule has 0 fully saturated rings. The summed E-state index contributed by atoms with van der Waals surface area (Å²) < 4.78 is 5.09. The fourth-order valence-corrected chi connectivity index (χ4v) is 2.08. The Kier molecular flexibility index (Phi) is 7.63. The van der Waals surface area contributed by atoms with Crippen molar-refractivity contribution in [2.75, 3.05) is 13.2 Å². The van der Waals surface area contributed by atoms with Gasteiger partial charge in [-0.15, -0.1) is 6.58 Å². The molecule has 0 saturated carbocycles. The average molecular weight is 326 g/mol. The summed E-state index contributed by atoms with van der Waals surface area (Å²) in [5, 5.41) is 12.2. The van der Waals surface area contributed by atoms with E-state index in [2.05, 4.69) is 11.9 Å². The van der Waals surface area contributed by atoms with E-state index in [0.717, 1.165) is 5.56 Å². The average Bonchev–Trinajstić information content (AvgIpc) is 2.46. The molecular formula is C16H20ClNO4. The third-order valence-corrected chi connectivity index (χ3v) is 3.25. The summed E-state index contributed by atoms with van der Waals surface area (Å²) in [7, 11) is 0. The van der Waals surface area contributed by atoms with E-state index in [4.69, 9.17) is 21.4 Å². The molecule has 2 unspecified atom stereocenters. The highest BCUT2D eigenvalue weighted by molar-refractivity contribution is 6.30. The molecule has 120 valence electrons. The highest BCUT2D eigenvalue weighted by Crippen LogP contribution is 2.14. The molecular weight excluding hydrogens is 306 g/mol. The Morgan fingerprint density at radius 1 is 1.50 bits per heavy atom. The number of hydrogen-bond donors (Lipinski definition) is 2. The first kappa shape index (κ1) is 18.2. The predicted molar refractivity (Wildman–Crippen MR) is 84.9 cm³/mol. The molecule has 0 aromatic heterocycles. The van der Waals surface area contributed by atoms with Crippen molar-refractivity contribution < 1.29 is 19.4 Å². The Labute approximate surface area is 134 Å². The number of ether oxygens (including phenoxy) is 1. The summed E-state index contributed by atoms with van der Waals surface area (Å²) in [4.78, 5) is 23.2. The Hall–Kier alpha value is -1.85. The van der Waals surface area contributed by atoms with Gasteiger partial charge in [-0.1, -0.05) is 36.7 Å². The van der Waals surface area contributed by atoms with Gasteiger partial charge in [0.1, 0.15) is 0 Å². The van der Waals surface area contributed by atoms with Gasteiger partial charge in [0.25, 0.3) is 0 Å². The zero-order valence-electron chi connectivity index (χ0n) is 12.4. The van der Waals surface area contributed by atoms with Crippen molar-refractivity contribution >= 4 is 23.5 Å². The number of carboxylic acid groups (broad SMARTS) is 1. The van der Waals surface area contributed by atoms with Crippen LogP contribution in [0.2, 0.25) is 5.02 Å². The van der Waals surface area contributed by atoms with E-state index >= 15 is 0 Å². The lowest BCUT2D eigenvalue weighted by atomic mass is 10.00. The van der Waals surface area contributed by atoms with Gasteiger partial charge in [0.05, 0.1) is 13.2 Å². The van der Waals surface area contributed by atoms with Crippen molar-refractivity contribution in [2.45, 2.75) is 19.4 Å². The van der Waals surface area contributed by atoms with Gasteiger partial charge in [-0.25, -0.2) is 4.79 Å². The SMILES string of the molecule is C=CCOCC(NC(=O)C(C)Cc1cccc(Cl)c1)C(=O)O. The fraction of sp³-hybridized carbons (Fsp3) is 0.375. The summed E-state index contributed by atoms with van der Waals surface area (Å²) in [5.74, 6) is -1.85. The summed E-state index contributed by atoms with van der Waals surface area (Å²) in [6, 6.07) is 6.15. The standard InChI is InChI=1S/C16H20ClNO4/c1-3-7-22-10-14(16(20)21)18-15(19)11(2)8-12-5-4-6-13(17)9-12/h3-6,9,11,14H,1,7-8,10H2,2H3,(H,18,19)(H,20,21). The largest absolute Gasteiger partial charge is 0.480 e. The maximum absolute atomic E-state index is 12.1. The van der Waals surface area contributed by atoms with Crippen molar-refractivity contribution in [2.24, 2.45) is 5.92 Å². The molecule has 0 spiro atoms. The van der Waals surface area contributed by atoms with Crippen LogP contribution in [0.3, 0.4) is 0 Å². The van der Waals surface area contributed by atoms with Gasteiger partial charge in [-0.2, -0.15) is 0 Å². The van der Waals surface area contributed by atoms with Crippen LogP contribution in [-0.2, 0) is 20.7 Å². The molecule has 0 aliphatic rings. The molecule has 0 radical (unpaired) electrons. The molecule has 2 N–H and O–H groups in total. The first-order valence-corrected chi connectivity index (χ1v) is 7.28. The number of amides is 1. The van der Waals surface area contributed by atoms with Crippen molar-refractivity contribution in [1.29, 1.82) is 0 Å². The molecule has 6 heteroatoms. The summed E-state index contributed by atoms with van der Waals surface area (Å²) in [5.41, 5.74) is 0.921. The Bertz CT molecular complexity index is 533. The van der Waals surface area contributed by atoms with E-state index in [-0.39, 0.29) is 25.0 Å². The van der Waals surface area contributed by atoms with Crippen molar-refractivity contribution in [3.63, 3.8) is 0 Å². The number of carboxylic acids is 1. The monoisotopic (exact) mass is 325 g/mol. The van der Waals surface area contributed by atoms with Gasteiger partial charge in [0.2, 0.25) is 5.91 Å². The molecule has 1 aromatic rings. The minimum atomic E-state index is -1.13. The summed E-state index contributed by atoms with van der Waals surface area (Å²) in [6.45, 7) is 5.34. The Morgan fingerprint density at radius 2 is 2.23 bits per heavy atom. The minimum absolute atomic E-state index is 0.100. The minimum Gasteiger partial charge on any atom is -0.480 e. The van der Waals surface area contributed by atoms with E-state index in [1.165, 1.54) is 6.08 Å². The number of carbonyl (C=O) groups is 2. The lowest BCUT2D eigenvalue weighted by molar-refractivity contribution is -0.144. The molecule has 0 bridgehead atoms. The molecule has 1 amide bonds. The fourth-order valence-electron chi connectivity index (χ4n) is 1.87. The van der Waals surface area contributed by atoms with Crippen LogP contribution in [0.1, 0.15) is 12.5 Å². The van der Waals surface area contributed by atoms with Crippen LogP contribution in [-0.4, -0.2) is 36.2 Å². The predicted octanol–water partition coefficient (Wildman–Crippen LogP) is 2.29. The highest BCUT2D eigenvalue weighted by Gasteiger charge is 2.23. The smallest absolute Gasteiger partial charge is 0.328 e. The molecule has 0 heterocycles. The van der Waals surface area contributed by atoms with Crippen molar-refractivity contribution in [1.82, 2.24) is 5.32 Å². The number of carbonyl (C=O) groups excluding carboxylic acids is 1. The number of rotatable bonds is 9. The van der Waals surface area contributed by atoms with Crippen LogP contribution < -0.4 is 5.32 Å². The zero-order chi connectivity index (χ0) is 16.5. The number of hydrogen-bond acceptors (Lipinski definition) is 3. The van der Waals surface area contributed by atoms with E-state index in [1.807, 2.05) is 12.1 Å². The molecule has 22 heavy (non-hydrogen) atoms. The first-order chi connectivity index (χ1) is 10.4. The van der Waals surface area contributed by atoms with Crippen LogP contribution in [0, 0.1) is 5.92 Å². The van der Waals surface area contributed by atoms with Crippen molar-refractivity contribution in [3.8, 4) is 0 Å². The van der Waals surface area contributed by atoms with Crippen LogP contribution in [0.4, 0.5) is 0 Å². The van der Waals surface area contributed by atoms with Crippen LogP contribution in [0.5, 0.6) is 0 Å². The molecule has 5 nitrogen and oxygen atoms in total. The zero-order valence-corrected chi connectivity index (χ0v) is 13.2. The van der Waals surface area contributed by atoms with Gasteiger partial charge in [-0.05, 0) is 24.1 Å². The quantitative estimate of drug-likeness (QED) is 0.539. The highest BCUT2D eigenvalue weighted by atomic mass is 35.5. The molecule has 0 aliphatic carbocycles. The maximum atomic E-state index is 12.1. The van der Waals surface area contributed by atoms with Gasteiger partial charge >= 0.3 is 5.97 Å². The van der Waals surface area contributed by atoms with E-state index in [1.54, 1.807) is 19.1 Å². The maximum Gasteiger partial charge on any atom is 0.328 e. The second kappa shape index (κ2) is 9.23. The lowest BCUT2D eigenvalue weighted by Gasteiger charge is -2.18. The Morgan fingerprint density at radius 3 is 2.82 bits per heavy atom. The van der Waals surface area contributed by atoms with Crippen LogP contribution >= 0.6 is 11.6 Å². The number of halogens is 1. The topological polar surface area (TPSA) is 75.6 Å². The van der Waals surface area contributed by atoms with Crippen molar-refractivity contribution in [3.05, 3.63) is 47.5 Å². The molecule has 1 rings (SSSR count). The van der Waals surface area contributed by atoms with Gasteiger partial charge in [-0.3, -0.25) is 4.79 Å². The van der Waals surface area contributed by atoms with E-state index in [0.29, 0.717) is 11.4 Å². The summed E-state index contributed by atoms with van der Waals surface area (Å²) in [6.07, 6.45) is 1.99. The number of benzene rings is 1. The molecule has 0 aliphatic heterocycles. The van der Waals surface area contributed by atoms with Gasteiger partial charge < -0.3 is 15.2 Å². The van der Waals surface area contributed by atoms with Gasteiger partial charge in [0, 0.05) is 10.9 Å². The van der Waals surface area contributed by atoms with Gasteiger partial charge in [0.15, 0.2) is 6.04 Å². The third kappa shape index (κ3) is 6.28. The Balaban J connectivity index is 2.57. The second-order valence-electron chi connectivity index (χ2n) is 4.96. The van der Waals surface area contributed by atoms with Crippen LogP contribution in [0.25, 0.3) is 0 Å². The molecule has 1 aromatic carbocycles.